The molecule has 0 atom stereocenters. The minimum absolute atomic E-state index is 0.328. The van der Waals surface area contributed by atoms with Gasteiger partial charge in [-0.25, -0.2) is 4.79 Å². The van der Waals surface area contributed by atoms with Crippen LogP contribution in [0.15, 0.2) is 84.9 Å². The average molecular weight is 375 g/mol. The van der Waals surface area contributed by atoms with Gasteiger partial charge >= 0.3 is 5.97 Å². The van der Waals surface area contributed by atoms with E-state index in [-0.39, 0.29) is 18.6 Å². The van der Waals surface area contributed by atoms with Gasteiger partial charge in [-0.1, -0.05) is 66.7 Å². The molecule has 0 aromatic heterocycles. The summed E-state index contributed by atoms with van der Waals surface area (Å²) in [4.78, 5) is 24.6. The van der Waals surface area contributed by atoms with Crippen molar-refractivity contribution in [2.45, 2.75) is 6.04 Å². The smallest absolute Gasteiger partial charge is 0.338 e. The number of hydrogen-bond donors (Lipinski definition) is 1. The maximum absolute atomic E-state index is 12.4. The lowest BCUT2D eigenvalue weighted by Gasteiger charge is -2.20. The Morgan fingerprint density at radius 3 is 2.04 bits per heavy atom. The number of hydrogen-bond acceptors (Lipinski definition) is 4. The number of benzene rings is 3. The molecular formula is C23H21NO4. The second-order valence-corrected chi connectivity index (χ2v) is 6.13. The monoisotopic (exact) mass is 375 g/mol. The van der Waals surface area contributed by atoms with Crippen molar-refractivity contribution in [3.05, 3.63) is 102 Å². The van der Waals surface area contributed by atoms with Gasteiger partial charge in [0.1, 0.15) is 5.75 Å². The molecule has 0 aliphatic heterocycles. The minimum atomic E-state index is -0.579. The van der Waals surface area contributed by atoms with E-state index in [2.05, 4.69) is 5.32 Å². The zero-order valence-corrected chi connectivity index (χ0v) is 15.5. The number of methoxy groups -OCH3 is 1. The highest BCUT2D eigenvalue weighted by Crippen LogP contribution is 2.21. The Kier molecular flexibility index (Phi) is 6.41. The van der Waals surface area contributed by atoms with E-state index in [4.69, 9.17) is 9.47 Å². The molecule has 142 valence electrons. The Labute approximate surface area is 163 Å². The number of ether oxygens (including phenoxy) is 2. The van der Waals surface area contributed by atoms with Gasteiger partial charge in [-0.15, -0.1) is 0 Å². The van der Waals surface area contributed by atoms with Crippen molar-refractivity contribution >= 4 is 11.9 Å². The summed E-state index contributed by atoms with van der Waals surface area (Å²) < 4.78 is 10.2. The molecule has 5 nitrogen and oxygen atoms in total. The van der Waals surface area contributed by atoms with Crippen LogP contribution in [0.5, 0.6) is 5.75 Å². The molecule has 28 heavy (non-hydrogen) atoms. The van der Waals surface area contributed by atoms with Crippen LogP contribution >= 0.6 is 0 Å². The first-order valence-corrected chi connectivity index (χ1v) is 8.88. The highest BCUT2D eigenvalue weighted by Gasteiger charge is 2.18. The molecule has 0 unspecified atom stereocenters. The summed E-state index contributed by atoms with van der Waals surface area (Å²) >= 11 is 0. The van der Waals surface area contributed by atoms with Crippen molar-refractivity contribution in [3.63, 3.8) is 0 Å². The first-order chi connectivity index (χ1) is 13.7. The van der Waals surface area contributed by atoms with Crippen molar-refractivity contribution in [1.29, 1.82) is 0 Å². The predicted molar refractivity (Wildman–Crippen MR) is 106 cm³/mol. The highest BCUT2D eigenvalue weighted by atomic mass is 16.5. The van der Waals surface area contributed by atoms with Crippen LogP contribution in [0.2, 0.25) is 0 Å². The van der Waals surface area contributed by atoms with E-state index in [1.807, 2.05) is 60.7 Å². The third kappa shape index (κ3) is 4.98. The van der Waals surface area contributed by atoms with E-state index >= 15 is 0 Å². The molecule has 0 spiro atoms. The van der Waals surface area contributed by atoms with Crippen molar-refractivity contribution in [1.82, 2.24) is 5.32 Å². The molecule has 0 heterocycles. The Balaban J connectivity index is 1.66. The summed E-state index contributed by atoms with van der Waals surface area (Å²) in [6, 6.07) is 25.6. The van der Waals surface area contributed by atoms with Gasteiger partial charge < -0.3 is 14.8 Å². The summed E-state index contributed by atoms with van der Waals surface area (Å²) in [6.07, 6.45) is 0. The van der Waals surface area contributed by atoms with E-state index in [1.54, 1.807) is 24.3 Å². The predicted octanol–water partition coefficient (Wildman–Crippen LogP) is 3.76. The Morgan fingerprint density at radius 1 is 0.857 bits per heavy atom. The number of carbonyl (C=O) groups excluding carboxylic acids is 2. The Morgan fingerprint density at radius 2 is 1.46 bits per heavy atom. The number of amides is 1. The van der Waals surface area contributed by atoms with E-state index in [0.717, 1.165) is 11.1 Å². The van der Waals surface area contributed by atoms with Gasteiger partial charge in [-0.05, 0) is 29.3 Å². The van der Waals surface area contributed by atoms with Crippen molar-refractivity contribution in [2.24, 2.45) is 0 Å². The summed E-state index contributed by atoms with van der Waals surface area (Å²) in [5.74, 6) is -0.411. The molecule has 0 aliphatic rings. The fraction of sp³-hybridized carbons (Fsp3) is 0.130. The molecule has 0 radical (unpaired) electrons. The first-order valence-electron chi connectivity index (χ1n) is 8.88. The van der Waals surface area contributed by atoms with Crippen LogP contribution in [-0.4, -0.2) is 25.6 Å². The zero-order chi connectivity index (χ0) is 19.8. The number of esters is 1. The molecule has 0 fully saturated rings. The lowest BCUT2D eigenvalue weighted by molar-refractivity contribution is -0.124. The van der Waals surface area contributed by atoms with E-state index in [1.165, 1.54) is 7.11 Å². The van der Waals surface area contributed by atoms with Crippen LogP contribution in [-0.2, 0) is 9.53 Å². The van der Waals surface area contributed by atoms with E-state index < -0.39 is 5.97 Å². The van der Waals surface area contributed by atoms with Gasteiger partial charge in [0.15, 0.2) is 6.61 Å². The van der Waals surface area contributed by atoms with Gasteiger partial charge in [0.05, 0.1) is 18.7 Å². The molecule has 0 saturated carbocycles. The van der Waals surface area contributed by atoms with Crippen molar-refractivity contribution in [3.8, 4) is 5.75 Å². The van der Waals surface area contributed by atoms with E-state index in [9.17, 15) is 9.59 Å². The molecular weight excluding hydrogens is 354 g/mol. The second kappa shape index (κ2) is 9.37. The lowest BCUT2D eigenvalue weighted by Crippen LogP contribution is -2.33. The summed E-state index contributed by atoms with van der Waals surface area (Å²) in [5, 5.41) is 2.94. The molecule has 1 N–H and O–H groups in total. The fourth-order valence-corrected chi connectivity index (χ4v) is 2.82. The largest absolute Gasteiger partial charge is 0.497 e. The van der Waals surface area contributed by atoms with Gasteiger partial charge in [0.25, 0.3) is 5.91 Å². The normalized spacial score (nSPS) is 10.4. The van der Waals surface area contributed by atoms with Crippen LogP contribution in [0.25, 0.3) is 0 Å². The van der Waals surface area contributed by atoms with Crippen LogP contribution in [0.4, 0.5) is 0 Å². The quantitative estimate of drug-likeness (QED) is 0.639. The van der Waals surface area contributed by atoms with Crippen LogP contribution in [0, 0.1) is 0 Å². The molecule has 3 rings (SSSR count). The van der Waals surface area contributed by atoms with Crippen LogP contribution in [0.3, 0.4) is 0 Å². The molecule has 5 heteroatoms. The van der Waals surface area contributed by atoms with Gasteiger partial charge in [0, 0.05) is 0 Å². The maximum atomic E-state index is 12.4. The molecule has 0 aliphatic carbocycles. The number of nitrogens with one attached hydrogen (secondary N) is 1. The highest BCUT2D eigenvalue weighted by molar-refractivity contribution is 5.91. The molecule has 1 amide bonds. The van der Waals surface area contributed by atoms with Crippen molar-refractivity contribution in [2.75, 3.05) is 13.7 Å². The van der Waals surface area contributed by atoms with Crippen LogP contribution in [0.1, 0.15) is 27.5 Å². The molecule has 3 aromatic rings. The van der Waals surface area contributed by atoms with Gasteiger partial charge in [-0.3, -0.25) is 4.79 Å². The lowest BCUT2D eigenvalue weighted by atomic mass is 9.99. The summed E-state index contributed by atoms with van der Waals surface area (Å²) in [5.41, 5.74) is 2.22. The third-order valence-corrected chi connectivity index (χ3v) is 4.21. The third-order valence-electron chi connectivity index (χ3n) is 4.21. The zero-order valence-electron chi connectivity index (χ0n) is 15.5. The van der Waals surface area contributed by atoms with Crippen molar-refractivity contribution < 1.29 is 19.1 Å². The SMILES string of the molecule is COc1cccc(C(=O)OCC(=O)NC(c2ccccc2)c2ccccc2)c1. The van der Waals surface area contributed by atoms with Gasteiger partial charge in [0.2, 0.25) is 0 Å². The topological polar surface area (TPSA) is 64.6 Å². The first kappa shape index (κ1) is 19.2. The molecule has 0 saturated heterocycles. The molecule has 3 aromatic carbocycles. The van der Waals surface area contributed by atoms with E-state index in [0.29, 0.717) is 11.3 Å². The standard InChI is InChI=1S/C23H21NO4/c1-27-20-14-8-13-19(15-20)23(26)28-16-21(25)24-22(17-9-4-2-5-10-17)18-11-6-3-7-12-18/h2-15,22H,16H2,1H3,(H,24,25). The average Bonchev–Trinajstić information content (AvgIpc) is 2.77. The molecule has 0 bridgehead atoms. The van der Waals surface area contributed by atoms with Crippen LogP contribution < -0.4 is 10.1 Å². The minimum Gasteiger partial charge on any atom is -0.497 e. The summed E-state index contributed by atoms with van der Waals surface area (Å²) in [6.45, 7) is -0.369. The Hall–Kier alpha value is -3.60. The van der Waals surface area contributed by atoms with Gasteiger partial charge in [-0.2, -0.15) is 0 Å². The second-order valence-electron chi connectivity index (χ2n) is 6.13. The number of rotatable bonds is 7. The number of carbonyl (C=O) groups is 2. The fourth-order valence-electron chi connectivity index (χ4n) is 2.82. The summed E-state index contributed by atoms with van der Waals surface area (Å²) in [7, 11) is 1.52. The maximum Gasteiger partial charge on any atom is 0.338 e. The Bertz CT molecular complexity index is 886.